The van der Waals surface area contributed by atoms with Gasteiger partial charge in [0.2, 0.25) is 7.98 Å². The first-order valence-electron chi connectivity index (χ1n) is 2.11. The van der Waals surface area contributed by atoms with Crippen LogP contribution in [-0.4, -0.2) is 31.9 Å². The van der Waals surface area contributed by atoms with Gasteiger partial charge in [0.05, 0.1) is 0 Å². The average Bonchev–Trinajstić information content (AvgIpc) is 1.91. The van der Waals surface area contributed by atoms with Gasteiger partial charge in [0, 0.05) is 13.1 Å². The van der Waals surface area contributed by atoms with Crippen molar-refractivity contribution in [3.8, 4) is 0 Å². The Kier molecular flexibility index (Phi) is 0.926. The van der Waals surface area contributed by atoms with E-state index in [1.807, 2.05) is 0 Å². The van der Waals surface area contributed by atoms with Gasteiger partial charge in [0.1, 0.15) is 0 Å². The molecule has 1 N–H and O–H groups in total. The summed E-state index contributed by atoms with van der Waals surface area (Å²) in [5.74, 6) is 0. The minimum absolute atomic E-state index is 0.181. The first kappa shape index (κ1) is 4.49. The highest BCUT2D eigenvalue weighted by Crippen LogP contribution is 1.87. The topological polar surface area (TPSA) is 32.3 Å². The van der Waals surface area contributed by atoms with Gasteiger partial charge in [-0.2, -0.15) is 0 Å². The lowest BCUT2D eigenvalue weighted by Gasteiger charge is -2.01. The fourth-order valence-corrected chi connectivity index (χ4v) is 0.486. The van der Waals surface area contributed by atoms with Crippen LogP contribution >= 0.6 is 0 Å². The maximum atomic E-state index is 10.3. The third kappa shape index (κ3) is 0.681. The summed E-state index contributed by atoms with van der Waals surface area (Å²) in [4.78, 5) is 11.4. The molecule has 1 aliphatic heterocycles. The Morgan fingerprint density at radius 2 is 2.57 bits per heavy atom. The van der Waals surface area contributed by atoms with Gasteiger partial charge < -0.3 is 10.1 Å². The summed E-state index contributed by atoms with van der Waals surface area (Å²) < 4.78 is 0. The molecule has 0 spiro atoms. The fourth-order valence-electron chi connectivity index (χ4n) is 0.486. The molecule has 1 saturated heterocycles. The van der Waals surface area contributed by atoms with Crippen molar-refractivity contribution < 1.29 is 4.79 Å². The van der Waals surface area contributed by atoms with E-state index >= 15 is 0 Å². The molecule has 0 bridgehead atoms. The van der Waals surface area contributed by atoms with Crippen LogP contribution in [0.25, 0.3) is 0 Å². The normalized spacial score (nSPS) is 20.0. The Morgan fingerprint density at radius 3 is 2.71 bits per heavy atom. The van der Waals surface area contributed by atoms with Crippen molar-refractivity contribution >= 4 is 14.0 Å². The first-order chi connectivity index (χ1) is 3.30. The summed E-state index contributed by atoms with van der Waals surface area (Å²) in [6, 6.07) is -0.181. The van der Waals surface area contributed by atoms with Crippen LogP contribution < -0.4 is 5.32 Å². The van der Waals surface area contributed by atoms with E-state index in [1.165, 1.54) is 0 Å². The molecule has 0 aromatic rings. The molecule has 0 saturated carbocycles. The summed E-state index contributed by atoms with van der Waals surface area (Å²) in [5.41, 5.74) is 0. The number of carbonyl (C=O) groups is 1. The maximum absolute atomic E-state index is 10.3. The van der Waals surface area contributed by atoms with Crippen molar-refractivity contribution in [3.05, 3.63) is 0 Å². The van der Waals surface area contributed by atoms with Gasteiger partial charge in [-0.15, -0.1) is 0 Å². The lowest BCUT2D eigenvalue weighted by Crippen LogP contribution is -2.24. The standard InChI is InChI=1S/C3H5BN2O/c4-6-2-1-5-3(6)7/h1-2H2,(H,5,7). The summed E-state index contributed by atoms with van der Waals surface area (Å²) in [6.07, 6.45) is 0. The van der Waals surface area contributed by atoms with Gasteiger partial charge in [-0.05, 0) is 0 Å². The van der Waals surface area contributed by atoms with Crippen LogP contribution in [0.2, 0.25) is 0 Å². The predicted molar refractivity (Wildman–Crippen MR) is 25.9 cm³/mol. The predicted octanol–water partition coefficient (Wildman–Crippen LogP) is -0.905. The van der Waals surface area contributed by atoms with E-state index < -0.39 is 0 Å². The number of rotatable bonds is 0. The van der Waals surface area contributed by atoms with Crippen molar-refractivity contribution in [1.29, 1.82) is 0 Å². The molecule has 36 valence electrons. The third-order valence-electron chi connectivity index (χ3n) is 0.890. The van der Waals surface area contributed by atoms with Gasteiger partial charge in [0.25, 0.3) is 0 Å². The molecule has 1 heterocycles. The van der Waals surface area contributed by atoms with Gasteiger partial charge in [-0.1, -0.05) is 0 Å². The second-order valence-electron chi connectivity index (χ2n) is 1.43. The molecule has 7 heavy (non-hydrogen) atoms. The fraction of sp³-hybridized carbons (Fsp3) is 0.667. The first-order valence-corrected chi connectivity index (χ1v) is 2.11. The van der Waals surface area contributed by atoms with Crippen molar-refractivity contribution in [3.63, 3.8) is 0 Å². The molecule has 1 rings (SSSR count). The van der Waals surface area contributed by atoms with Crippen LogP contribution in [0.15, 0.2) is 0 Å². The Morgan fingerprint density at radius 1 is 1.86 bits per heavy atom. The van der Waals surface area contributed by atoms with Crippen molar-refractivity contribution in [1.82, 2.24) is 10.1 Å². The highest BCUT2D eigenvalue weighted by atomic mass is 16.2. The number of nitrogens with one attached hydrogen (secondary N) is 1. The number of nitrogens with zero attached hydrogens (tertiary/aromatic N) is 1. The van der Waals surface area contributed by atoms with Gasteiger partial charge in [-0.3, -0.25) is 4.79 Å². The highest BCUT2D eigenvalue weighted by Gasteiger charge is 2.12. The lowest BCUT2D eigenvalue weighted by molar-refractivity contribution is 0.236. The molecule has 4 heteroatoms. The minimum Gasteiger partial charge on any atom is -0.378 e. The third-order valence-corrected chi connectivity index (χ3v) is 0.890. The van der Waals surface area contributed by atoms with Crippen molar-refractivity contribution in [2.75, 3.05) is 13.1 Å². The summed E-state index contributed by atoms with van der Waals surface area (Å²) >= 11 is 0. The highest BCUT2D eigenvalue weighted by molar-refractivity contribution is 6.14. The average molecular weight is 95.9 g/mol. The van der Waals surface area contributed by atoms with E-state index in [0.29, 0.717) is 13.1 Å². The Bertz CT molecular complexity index is 94.9. The van der Waals surface area contributed by atoms with Crippen LogP contribution in [0.5, 0.6) is 0 Å². The molecule has 1 aliphatic rings. The van der Waals surface area contributed by atoms with E-state index in [2.05, 4.69) is 5.32 Å². The SMILES string of the molecule is [B]N1CCNC1=O. The number of hydrogen-bond donors (Lipinski definition) is 1. The zero-order chi connectivity index (χ0) is 5.28. The van der Waals surface area contributed by atoms with Crippen LogP contribution in [0.1, 0.15) is 0 Å². The van der Waals surface area contributed by atoms with Crippen LogP contribution in [0, 0.1) is 0 Å². The monoisotopic (exact) mass is 96.0 g/mol. The zero-order valence-electron chi connectivity index (χ0n) is 3.85. The Labute approximate surface area is 43.1 Å². The van der Waals surface area contributed by atoms with Gasteiger partial charge >= 0.3 is 6.03 Å². The second-order valence-corrected chi connectivity index (χ2v) is 1.43. The second kappa shape index (κ2) is 1.44. The summed E-state index contributed by atoms with van der Waals surface area (Å²) in [5, 5.41) is 2.53. The number of hydrogen-bond acceptors (Lipinski definition) is 1. The largest absolute Gasteiger partial charge is 0.378 e. The molecular formula is C3H5BN2O. The van der Waals surface area contributed by atoms with Crippen LogP contribution in [0.3, 0.4) is 0 Å². The molecule has 2 radical (unpaired) electrons. The van der Waals surface area contributed by atoms with E-state index in [4.69, 9.17) is 7.98 Å². The van der Waals surface area contributed by atoms with E-state index in [0.717, 1.165) is 4.81 Å². The lowest BCUT2D eigenvalue weighted by atomic mass is 10.3. The van der Waals surface area contributed by atoms with Gasteiger partial charge in [-0.25, -0.2) is 0 Å². The van der Waals surface area contributed by atoms with Crippen LogP contribution in [0.4, 0.5) is 4.79 Å². The summed E-state index contributed by atoms with van der Waals surface area (Å²) in [6.45, 7) is 1.30. The van der Waals surface area contributed by atoms with E-state index in [1.54, 1.807) is 0 Å². The van der Waals surface area contributed by atoms with Gasteiger partial charge in [0.15, 0.2) is 0 Å². The molecule has 1 fully saturated rings. The smallest absolute Gasteiger partial charge is 0.304 e. The molecule has 3 nitrogen and oxygen atoms in total. The molecule has 0 atom stereocenters. The number of carbonyl (C=O) groups excluding carboxylic acids is 1. The summed E-state index contributed by atoms with van der Waals surface area (Å²) in [7, 11) is 5.10. The van der Waals surface area contributed by atoms with E-state index in [9.17, 15) is 4.79 Å². The quantitative estimate of drug-likeness (QED) is 0.389. The van der Waals surface area contributed by atoms with Crippen molar-refractivity contribution in [2.24, 2.45) is 0 Å². The number of urea groups is 1. The Balaban J connectivity index is 2.48. The molecule has 0 aromatic carbocycles. The maximum Gasteiger partial charge on any atom is 0.304 e. The molecule has 0 aliphatic carbocycles. The number of amides is 2. The molecular weight excluding hydrogens is 90.9 g/mol. The Hall–Kier alpha value is -0.665. The van der Waals surface area contributed by atoms with Crippen LogP contribution in [-0.2, 0) is 0 Å². The molecule has 2 amide bonds. The molecule has 0 aromatic heterocycles. The zero-order valence-corrected chi connectivity index (χ0v) is 3.85. The molecule has 0 unspecified atom stereocenters. The van der Waals surface area contributed by atoms with E-state index in [-0.39, 0.29) is 6.03 Å². The van der Waals surface area contributed by atoms with Crippen molar-refractivity contribution in [2.45, 2.75) is 0 Å². The minimum atomic E-state index is -0.181.